The maximum absolute atomic E-state index is 12.2. The van der Waals surface area contributed by atoms with Gasteiger partial charge < -0.3 is 21.1 Å². The normalized spacial score (nSPS) is 16.5. The third kappa shape index (κ3) is 9.67. The Morgan fingerprint density at radius 1 is 1.45 bits per heavy atom. The third-order valence-corrected chi connectivity index (χ3v) is 5.05. The molecular weight excluding hydrogens is 439 g/mol. The minimum absolute atomic E-state index is 0.112. The van der Waals surface area contributed by atoms with Crippen LogP contribution in [0.2, 0.25) is 0 Å². The predicted octanol–water partition coefficient (Wildman–Crippen LogP) is 0.906. The molecule has 1 saturated heterocycles. The Hall–Kier alpha value is -2.85. The smallest absolute Gasteiger partial charge is 0.475 e. The van der Waals surface area contributed by atoms with Crippen LogP contribution in [-0.4, -0.2) is 69.1 Å². The average molecular weight is 461 g/mol. The number of pyridine rings is 1. The number of amides is 2. The highest BCUT2D eigenvalue weighted by Gasteiger charge is 2.38. The lowest BCUT2D eigenvalue weighted by Crippen LogP contribution is -2.47. The molecule has 1 aliphatic heterocycles. The molecule has 0 bridgehead atoms. The van der Waals surface area contributed by atoms with Crippen molar-refractivity contribution in [1.29, 1.82) is 5.26 Å². The van der Waals surface area contributed by atoms with E-state index >= 15 is 0 Å². The molecule has 1 fully saturated rings. The Morgan fingerprint density at radius 3 is 2.68 bits per heavy atom. The number of carboxylic acid groups (broad SMARTS) is 1. The number of aromatic nitrogens is 1. The van der Waals surface area contributed by atoms with Crippen molar-refractivity contribution in [3.05, 3.63) is 30.1 Å². The highest BCUT2D eigenvalue weighted by molar-refractivity contribution is 8.00. The minimum Gasteiger partial charge on any atom is -0.475 e. The summed E-state index contributed by atoms with van der Waals surface area (Å²) in [6, 6.07) is 4.78. The fourth-order valence-electron chi connectivity index (χ4n) is 2.48. The average Bonchev–Trinajstić information content (AvgIpc) is 3.21. The van der Waals surface area contributed by atoms with Gasteiger partial charge in [0.05, 0.1) is 17.9 Å². The maximum atomic E-state index is 12.2. The van der Waals surface area contributed by atoms with Gasteiger partial charge >= 0.3 is 12.1 Å². The summed E-state index contributed by atoms with van der Waals surface area (Å²) in [6.45, 7) is 1.01. The van der Waals surface area contributed by atoms with Crippen LogP contribution in [0.15, 0.2) is 24.5 Å². The van der Waals surface area contributed by atoms with Crippen molar-refractivity contribution in [2.75, 3.05) is 18.1 Å². The summed E-state index contributed by atoms with van der Waals surface area (Å²) in [6.07, 6.45) is -0.167. The van der Waals surface area contributed by atoms with Crippen LogP contribution in [0.5, 0.6) is 0 Å². The minimum atomic E-state index is -5.08. The van der Waals surface area contributed by atoms with E-state index in [1.54, 1.807) is 17.3 Å². The van der Waals surface area contributed by atoms with E-state index in [4.69, 9.17) is 20.9 Å². The number of hydrogen-bond acceptors (Lipinski definition) is 7. The fourth-order valence-corrected chi connectivity index (χ4v) is 3.28. The van der Waals surface area contributed by atoms with Gasteiger partial charge in [0.1, 0.15) is 6.04 Å². The van der Waals surface area contributed by atoms with Crippen LogP contribution in [0.25, 0.3) is 0 Å². The molecule has 2 amide bonds. The molecule has 1 aromatic rings. The van der Waals surface area contributed by atoms with Crippen LogP contribution in [0, 0.1) is 11.3 Å². The molecular formula is C18H22F3N5O4S. The highest BCUT2D eigenvalue weighted by Crippen LogP contribution is 2.18. The summed E-state index contributed by atoms with van der Waals surface area (Å²) in [5.74, 6) is -2.48. The molecule has 0 radical (unpaired) electrons. The van der Waals surface area contributed by atoms with E-state index < -0.39 is 18.2 Å². The second-order valence-corrected chi connectivity index (χ2v) is 7.41. The van der Waals surface area contributed by atoms with Gasteiger partial charge in [0.2, 0.25) is 11.8 Å². The summed E-state index contributed by atoms with van der Waals surface area (Å²) in [4.78, 5) is 38.4. The van der Waals surface area contributed by atoms with E-state index in [1.165, 1.54) is 11.8 Å². The second-order valence-electron chi connectivity index (χ2n) is 6.38. The number of aliphatic carboxylic acids is 1. The Labute approximate surface area is 180 Å². The summed E-state index contributed by atoms with van der Waals surface area (Å²) in [5.41, 5.74) is 6.83. The first kappa shape index (κ1) is 26.2. The van der Waals surface area contributed by atoms with Gasteiger partial charge in [-0.05, 0) is 24.5 Å². The molecule has 2 heterocycles. The van der Waals surface area contributed by atoms with Crippen molar-refractivity contribution in [1.82, 2.24) is 15.2 Å². The van der Waals surface area contributed by atoms with Gasteiger partial charge in [-0.25, -0.2) is 4.79 Å². The molecule has 9 nitrogen and oxygen atoms in total. The largest absolute Gasteiger partial charge is 0.490 e. The summed E-state index contributed by atoms with van der Waals surface area (Å²) < 4.78 is 31.7. The topological polar surface area (TPSA) is 149 Å². The number of likely N-dealkylation sites (tertiary alicyclic amines) is 1. The van der Waals surface area contributed by atoms with E-state index in [1.807, 2.05) is 12.1 Å². The number of nitriles is 1. The number of halogens is 3. The summed E-state index contributed by atoms with van der Waals surface area (Å²) in [5, 5.41) is 18.9. The second kappa shape index (κ2) is 12.8. The van der Waals surface area contributed by atoms with Gasteiger partial charge in [0, 0.05) is 31.2 Å². The number of nitrogens with one attached hydrogen (secondary N) is 1. The number of alkyl halides is 3. The molecule has 2 rings (SSSR count). The van der Waals surface area contributed by atoms with Crippen molar-refractivity contribution in [2.45, 2.75) is 37.6 Å². The van der Waals surface area contributed by atoms with Crippen molar-refractivity contribution >= 4 is 29.5 Å². The van der Waals surface area contributed by atoms with Crippen molar-refractivity contribution in [3.63, 3.8) is 0 Å². The van der Waals surface area contributed by atoms with Crippen LogP contribution >= 0.6 is 11.8 Å². The molecule has 0 saturated carbocycles. The lowest BCUT2D eigenvalue weighted by atomic mass is 10.2. The Bertz CT molecular complexity index is 789. The summed E-state index contributed by atoms with van der Waals surface area (Å²) >= 11 is 1.32. The van der Waals surface area contributed by atoms with Crippen molar-refractivity contribution in [2.24, 2.45) is 5.73 Å². The lowest BCUT2D eigenvalue weighted by molar-refractivity contribution is -0.192. The van der Waals surface area contributed by atoms with E-state index in [9.17, 15) is 22.8 Å². The zero-order chi connectivity index (χ0) is 23.4. The molecule has 1 aromatic heterocycles. The number of carboxylic acids is 1. The highest BCUT2D eigenvalue weighted by atomic mass is 32.2. The molecule has 170 valence electrons. The van der Waals surface area contributed by atoms with Crippen LogP contribution in [0.4, 0.5) is 13.2 Å². The number of carbonyl (C=O) groups is 3. The first-order chi connectivity index (χ1) is 14.6. The first-order valence-corrected chi connectivity index (χ1v) is 10.2. The van der Waals surface area contributed by atoms with Crippen LogP contribution in [0.1, 0.15) is 18.4 Å². The van der Waals surface area contributed by atoms with Gasteiger partial charge in [0.25, 0.3) is 0 Å². The molecule has 0 spiro atoms. The number of rotatable bonds is 7. The van der Waals surface area contributed by atoms with Crippen LogP contribution < -0.4 is 11.1 Å². The fraction of sp³-hybridized carbons (Fsp3) is 0.500. The molecule has 0 aliphatic carbocycles. The maximum Gasteiger partial charge on any atom is 0.490 e. The quantitative estimate of drug-likeness (QED) is 0.542. The Kier molecular flexibility index (Phi) is 10.8. The standard InChI is InChI=1S/C16H21N5O2S.C2HF3O2/c17-7-13-4-2-6-21(13)16(23)14(18)10-24-11-15(22)20-9-12-3-1-5-19-8-12;3-2(4,5)1(6)7/h1,3,5,8,13-14H,2,4,6,9-11,18H2,(H,20,22);(H,6,7)/t13-,14-;/m0./s1. The van der Waals surface area contributed by atoms with Gasteiger partial charge in [-0.15, -0.1) is 11.8 Å². The van der Waals surface area contributed by atoms with Crippen molar-refractivity contribution < 1.29 is 32.7 Å². The third-order valence-electron chi connectivity index (χ3n) is 3.99. The molecule has 2 atom stereocenters. The van der Waals surface area contributed by atoms with Crippen LogP contribution in [-0.2, 0) is 20.9 Å². The number of carbonyl (C=O) groups excluding carboxylic acids is 2. The first-order valence-electron chi connectivity index (χ1n) is 9.05. The molecule has 13 heteroatoms. The Balaban J connectivity index is 0.000000592. The monoisotopic (exact) mass is 461 g/mol. The zero-order valence-corrected chi connectivity index (χ0v) is 17.2. The molecule has 0 aromatic carbocycles. The van der Waals surface area contributed by atoms with Crippen LogP contribution in [0.3, 0.4) is 0 Å². The van der Waals surface area contributed by atoms with Gasteiger partial charge in [-0.1, -0.05) is 6.07 Å². The Morgan fingerprint density at radius 2 is 2.13 bits per heavy atom. The predicted molar refractivity (Wildman–Crippen MR) is 105 cm³/mol. The van der Waals surface area contributed by atoms with Gasteiger partial charge in [-0.3, -0.25) is 14.6 Å². The van der Waals surface area contributed by atoms with Gasteiger partial charge in [0.15, 0.2) is 0 Å². The number of nitrogens with zero attached hydrogens (tertiary/aromatic N) is 3. The van der Waals surface area contributed by atoms with E-state index in [2.05, 4.69) is 16.4 Å². The van der Waals surface area contributed by atoms with E-state index in [0.717, 1.165) is 12.0 Å². The summed E-state index contributed by atoms with van der Waals surface area (Å²) in [7, 11) is 0. The molecule has 31 heavy (non-hydrogen) atoms. The molecule has 4 N–H and O–H groups in total. The molecule has 0 unspecified atom stereocenters. The zero-order valence-electron chi connectivity index (χ0n) is 16.3. The molecule has 1 aliphatic rings. The van der Waals surface area contributed by atoms with Gasteiger partial charge in [-0.2, -0.15) is 18.4 Å². The lowest BCUT2D eigenvalue weighted by Gasteiger charge is -2.23. The SMILES string of the molecule is N#C[C@@H]1CCCN1C(=O)[C@@H](N)CSCC(=O)NCc1cccnc1.O=C(O)C(F)(F)F. The van der Waals surface area contributed by atoms with E-state index in [0.29, 0.717) is 25.3 Å². The number of hydrogen-bond donors (Lipinski definition) is 3. The van der Waals surface area contributed by atoms with Crippen molar-refractivity contribution in [3.8, 4) is 6.07 Å². The number of nitrogens with two attached hydrogens (primary N) is 1. The van der Waals surface area contributed by atoms with E-state index in [-0.39, 0.29) is 23.6 Å². The number of thioether (sulfide) groups is 1.